The second-order valence-corrected chi connectivity index (χ2v) is 7.25. The summed E-state index contributed by atoms with van der Waals surface area (Å²) in [7, 11) is 0. The van der Waals surface area contributed by atoms with Crippen LogP contribution in [0.1, 0.15) is 43.6 Å². The van der Waals surface area contributed by atoms with Crippen molar-refractivity contribution in [1.29, 1.82) is 0 Å². The smallest absolute Gasteiger partial charge is 0.315 e. The molecular formula is C19H26N2O3. The molecule has 3 aliphatic rings. The van der Waals surface area contributed by atoms with Crippen LogP contribution in [0.5, 0.6) is 0 Å². The van der Waals surface area contributed by atoms with Crippen molar-refractivity contribution in [3.8, 4) is 0 Å². The molecule has 5 heteroatoms. The van der Waals surface area contributed by atoms with Gasteiger partial charge in [0, 0.05) is 25.4 Å². The Morgan fingerprint density at radius 1 is 1.12 bits per heavy atom. The van der Waals surface area contributed by atoms with Crippen molar-refractivity contribution in [2.24, 2.45) is 5.92 Å². The standard InChI is InChI=1S/C19H26N2O3/c22-18(20-13-15-12-17(15)14-4-2-1-3-5-14)21-16-6-8-19(9-7-16)23-10-11-24-19/h1-5,15-17H,6-13H2,(H2,20,21,22)/t15-,17-/m1/s1. The molecule has 3 fully saturated rings. The van der Waals surface area contributed by atoms with E-state index in [0.29, 0.717) is 25.0 Å². The Hall–Kier alpha value is -1.59. The highest BCUT2D eigenvalue weighted by Gasteiger charge is 2.41. The molecule has 1 heterocycles. The molecule has 0 aromatic heterocycles. The van der Waals surface area contributed by atoms with E-state index in [1.807, 2.05) is 6.07 Å². The molecule has 2 amide bonds. The first-order valence-electron chi connectivity index (χ1n) is 9.11. The average molecular weight is 330 g/mol. The first-order valence-corrected chi connectivity index (χ1v) is 9.11. The predicted octanol–water partition coefficient (Wildman–Crippen LogP) is 2.78. The fourth-order valence-corrected chi connectivity index (χ4v) is 4.03. The molecule has 2 saturated carbocycles. The third-order valence-corrected chi connectivity index (χ3v) is 5.57. The zero-order valence-electron chi connectivity index (χ0n) is 14.0. The van der Waals surface area contributed by atoms with Crippen LogP contribution in [0.25, 0.3) is 0 Å². The van der Waals surface area contributed by atoms with Gasteiger partial charge in [-0.1, -0.05) is 30.3 Å². The van der Waals surface area contributed by atoms with Crippen LogP contribution in [0.15, 0.2) is 30.3 Å². The number of benzene rings is 1. The second kappa shape index (κ2) is 6.73. The van der Waals surface area contributed by atoms with Gasteiger partial charge in [0.05, 0.1) is 13.2 Å². The van der Waals surface area contributed by atoms with Gasteiger partial charge in [-0.15, -0.1) is 0 Å². The van der Waals surface area contributed by atoms with Crippen LogP contribution in [-0.4, -0.2) is 37.6 Å². The van der Waals surface area contributed by atoms with E-state index in [9.17, 15) is 4.79 Å². The zero-order valence-corrected chi connectivity index (χ0v) is 14.0. The minimum atomic E-state index is -0.356. The highest BCUT2D eigenvalue weighted by atomic mass is 16.7. The number of nitrogens with one attached hydrogen (secondary N) is 2. The van der Waals surface area contributed by atoms with Crippen LogP contribution in [0.3, 0.4) is 0 Å². The summed E-state index contributed by atoms with van der Waals surface area (Å²) >= 11 is 0. The fraction of sp³-hybridized carbons (Fsp3) is 0.632. The van der Waals surface area contributed by atoms with Gasteiger partial charge in [-0.05, 0) is 36.7 Å². The van der Waals surface area contributed by atoms with E-state index in [1.54, 1.807) is 0 Å². The average Bonchev–Trinajstić information content (AvgIpc) is 3.27. The first kappa shape index (κ1) is 15.9. The molecule has 1 spiro atoms. The van der Waals surface area contributed by atoms with Crippen LogP contribution in [0, 0.1) is 5.92 Å². The van der Waals surface area contributed by atoms with Crippen LogP contribution >= 0.6 is 0 Å². The quantitative estimate of drug-likeness (QED) is 0.892. The summed E-state index contributed by atoms with van der Waals surface area (Å²) in [5.41, 5.74) is 1.39. The van der Waals surface area contributed by atoms with E-state index in [2.05, 4.69) is 34.9 Å². The van der Waals surface area contributed by atoms with E-state index >= 15 is 0 Å². The molecule has 1 saturated heterocycles. The Morgan fingerprint density at radius 2 is 1.83 bits per heavy atom. The SMILES string of the molecule is O=C(NC[C@H]1C[C@@H]1c1ccccc1)NC1CCC2(CC1)OCCO2. The van der Waals surface area contributed by atoms with Gasteiger partial charge in [0.2, 0.25) is 0 Å². The molecule has 2 N–H and O–H groups in total. The summed E-state index contributed by atoms with van der Waals surface area (Å²) in [6, 6.07) is 10.8. The Bertz CT molecular complexity index is 561. The number of amides is 2. The van der Waals surface area contributed by atoms with Gasteiger partial charge in [0.25, 0.3) is 0 Å². The third-order valence-electron chi connectivity index (χ3n) is 5.57. The molecule has 0 bridgehead atoms. The molecule has 0 unspecified atom stereocenters. The van der Waals surface area contributed by atoms with E-state index in [4.69, 9.17) is 9.47 Å². The number of carbonyl (C=O) groups is 1. The summed E-state index contributed by atoms with van der Waals surface area (Å²) in [4.78, 5) is 12.1. The van der Waals surface area contributed by atoms with Gasteiger partial charge in [0.15, 0.2) is 5.79 Å². The normalized spacial score (nSPS) is 28.7. The Labute approximate surface area is 143 Å². The summed E-state index contributed by atoms with van der Waals surface area (Å²) < 4.78 is 11.5. The molecule has 2 aliphatic carbocycles. The summed E-state index contributed by atoms with van der Waals surface area (Å²) in [5.74, 6) is 0.830. The van der Waals surface area contributed by atoms with Gasteiger partial charge in [-0.3, -0.25) is 0 Å². The number of urea groups is 1. The second-order valence-electron chi connectivity index (χ2n) is 7.25. The van der Waals surface area contributed by atoms with Gasteiger partial charge >= 0.3 is 6.03 Å². The van der Waals surface area contributed by atoms with E-state index in [0.717, 1.165) is 32.2 Å². The molecule has 130 valence electrons. The molecular weight excluding hydrogens is 304 g/mol. The molecule has 1 aromatic carbocycles. The van der Waals surface area contributed by atoms with Gasteiger partial charge in [0.1, 0.15) is 0 Å². The van der Waals surface area contributed by atoms with Gasteiger partial charge < -0.3 is 20.1 Å². The summed E-state index contributed by atoms with van der Waals surface area (Å²) in [5, 5.41) is 6.14. The van der Waals surface area contributed by atoms with Crippen molar-refractivity contribution in [3.05, 3.63) is 35.9 Å². The van der Waals surface area contributed by atoms with Crippen molar-refractivity contribution in [2.75, 3.05) is 19.8 Å². The number of hydrogen-bond donors (Lipinski definition) is 2. The number of hydrogen-bond acceptors (Lipinski definition) is 3. The monoisotopic (exact) mass is 330 g/mol. The van der Waals surface area contributed by atoms with Crippen LogP contribution < -0.4 is 10.6 Å². The highest BCUT2D eigenvalue weighted by molar-refractivity contribution is 5.74. The fourth-order valence-electron chi connectivity index (χ4n) is 4.03. The van der Waals surface area contributed by atoms with Gasteiger partial charge in [-0.2, -0.15) is 0 Å². The molecule has 4 rings (SSSR count). The predicted molar refractivity (Wildman–Crippen MR) is 90.7 cm³/mol. The maximum atomic E-state index is 12.1. The van der Waals surface area contributed by atoms with Gasteiger partial charge in [-0.25, -0.2) is 4.79 Å². The lowest BCUT2D eigenvalue weighted by atomic mass is 9.90. The Balaban J connectivity index is 1.16. The maximum absolute atomic E-state index is 12.1. The summed E-state index contributed by atoms with van der Waals surface area (Å²) in [6.45, 7) is 2.15. The van der Waals surface area contributed by atoms with Crippen LogP contribution in [-0.2, 0) is 9.47 Å². The number of ether oxygens (including phenoxy) is 2. The van der Waals surface area contributed by atoms with Crippen molar-refractivity contribution in [1.82, 2.24) is 10.6 Å². The lowest BCUT2D eigenvalue weighted by Gasteiger charge is -2.35. The molecule has 1 aromatic rings. The maximum Gasteiger partial charge on any atom is 0.315 e. The van der Waals surface area contributed by atoms with E-state index in [1.165, 1.54) is 12.0 Å². The summed E-state index contributed by atoms with van der Waals surface area (Å²) in [6.07, 6.45) is 4.76. The molecule has 24 heavy (non-hydrogen) atoms. The highest BCUT2D eigenvalue weighted by Crippen LogP contribution is 2.46. The molecule has 0 radical (unpaired) electrons. The topological polar surface area (TPSA) is 59.6 Å². The van der Waals surface area contributed by atoms with Crippen molar-refractivity contribution < 1.29 is 14.3 Å². The van der Waals surface area contributed by atoms with Crippen LogP contribution in [0.2, 0.25) is 0 Å². The van der Waals surface area contributed by atoms with E-state index < -0.39 is 0 Å². The Morgan fingerprint density at radius 3 is 2.54 bits per heavy atom. The lowest BCUT2D eigenvalue weighted by Crippen LogP contribution is -2.47. The zero-order chi connectivity index (χ0) is 16.4. The lowest BCUT2D eigenvalue weighted by molar-refractivity contribution is -0.179. The molecule has 1 aliphatic heterocycles. The number of rotatable bonds is 4. The van der Waals surface area contributed by atoms with E-state index in [-0.39, 0.29) is 17.9 Å². The Kier molecular flexibility index (Phi) is 4.46. The molecule has 5 nitrogen and oxygen atoms in total. The van der Waals surface area contributed by atoms with Crippen molar-refractivity contribution in [3.63, 3.8) is 0 Å². The van der Waals surface area contributed by atoms with Crippen LogP contribution in [0.4, 0.5) is 4.79 Å². The number of carbonyl (C=O) groups excluding carboxylic acids is 1. The minimum absolute atomic E-state index is 0.0390. The largest absolute Gasteiger partial charge is 0.348 e. The molecule has 2 atom stereocenters. The minimum Gasteiger partial charge on any atom is -0.348 e. The van der Waals surface area contributed by atoms with Crippen molar-refractivity contribution in [2.45, 2.75) is 49.9 Å². The third kappa shape index (κ3) is 3.57. The van der Waals surface area contributed by atoms with Crippen molar-refractivity contribution >= 4 is 6.03 Å². The first-order chi connectivity index (χ1) is 11.7.